The van der Waals surface area contributed by atoms with Crippen LogP contribution < -0.4 is 16.0 Å². The molecule has 0 saturated carbocycles. The van der Waals surface area contributed by atoms with Gasteiger partial charge in [-0.3, -0.25) is 24.4 Å². The Labute approximate surface area is 473 Å². The Hall–Kier alpha value is -4.56. The molecule has 19 heteroatoms. The highest BCUT2D eigenvalue weighted by atomic mass is 32.2. The van der Waals surface area contributed by atoms with Gasteiger partial charge in [-0.25, -0.2) is 30.2 Å². The van der Waals surface area contributed by atoms with Crippen molar-refractivity contribution in [1.82, 2.24) is 29.5 Å². The summed E-state index contributed by atoms with van der Waals surface area (Å²) in [5.74, 6) is 0.371. The summed E-state index contributed by atoms with van der Waals surface area (Å²) < 4.78 is 55.2. The van der Waals surface area contributed by atoms with Crippen LogP contribution in [0.2, 0.25) is 0 Å². The first-order valence-corrected chi connectivity index (χ1v) is 33.3. The molecule has 2 spiro atoms. The third-order valence-corrected chi connectivity index (χ3v) is 20.5. The molecule has 6 aliphatic heterocycles. The molecule has 4 N–H and O–H groups in total. The van der Waals surface area contributed by atoms with Crippen molar-refractivity contribution in [3.63, 3.8) is 0 Å². The topological polar surface area (TPSA) is 227 Å². The molecule has 17 nitrogen and oxygen atoms in total. The standard InChI is InChI=1S/C30H46N4O4S.C26H39N3O5S.C4H9N/c1-3-4-5-6-7-8-9-12-27-31-29(36)30(32-27)16-20-34(21-17-30)39(37,38)22-15-25-13-14-26(23-24(25)2)28(35)33-18-10-11-19-33;1-3-4-5-6-7-8-9-10-23-27-25(32)26(28-23)14-16-29(17-15-26)35(33,34)18-13-21-11-12-22(24(30)31)19-20(21)2;1-2-4-5-3-1/h13-14,23H,3-12,15-22H2,1-2H3,(H,31,32,36);11-12,19H,3-10,13-18H2,1-2H3,(H,30,31)(H,27,28,32);5H,1-4H2. The van der Waals surface area contributed by atoms with Crippen LogP contribution in [0.15, 0.2) is 46.4 Å². The van der Waals surface area contributed by atoms with E-state index in [1.165, 1.54) is 105 Å². The average Bonchev–Trinajstić information content (AvgIpc) is 4.37. The van der Waals surface area contributed by atoms with Gasteiger partial charge in [0.15, 0.2) is 0 Å². The van der Waals surface area contributed by atoms with E-state index in [9.17, 15) is 36.0 Å². The fourth-order valence-corrected chi connectivity index (χ4v) is 14.5. The van der Waals surface area contributed by atoms with Crippen molar-refractivity contribution >= 4 is 55.4 Å². The molecule has 2 aromatic rings. The van der Waals surface area contributed by atoms with Crippen molar-refractivity contribution < 1.29 is 41.1 Å². The molecular weight excluding hydrogens is 1040 g/mol. The predicted octanol–water partition coefficient (Wildman–Crippen LogP) is 9.05. The molecule has 6 aliphatic rings. The molecule has 8 rings (SSSR count). The van der Waals surface area contributed by atoms with Crippen LogP contribution >= 0.6 is 0 Å². The highest BCUT2D eigenvalue weighted by Gasteiger charge is 2.48. The minimum Gasteiger partial charge on any atom is -0.478 e. The smallest absolute Gasteiger partial charge is 0.335 e. The van der Waals surface area contributed by atoms with E-state index < -0.39 is 37.1 Å². The number of benzene rings is 2. The number of aliphatic imine (C=N–C) groups is 2. The second-order valence-corrected chi connectivity index (χ2v) is 27.0. The molecule has 0 aromatic heterocycles. The van der Waals surface area contributed by atoms with Gasteiger partial charge in [0.25, 0.3) is 17.7 Å². The van der Waals surface area contributed by atoms with Gasteiger partial charge < -0.3 is 26.0 Å². The quantitative estimate of drug-likeness (QED) is 0.0654. The molecule has 0 unspecified atom stereocenters. The Morgan fingerprint density at radius 1 is 0.544 bits per heavy atom. The third kappa shape index (κ3) is 18.7. The van der Waals surface area contributed by atoms with Crippen LogP contribution in [0.1, 0.15) is 211 Å². The summed E-state index contributed by atoms with van der Waals surface area (Å²) in [5, 5.41) is 18.2. The molecule has 6 heterocycles. The van der Waals surface area contributed by atoms with Gasteiger partial charge in [-0.15, -0.1) is 0 Å². The maximum atomic E-state index is 13.2. The zero-order valence-corrected chi connectivity index (χ0v) is 49.8. The molecule has 0 bridgehead atoms. The van der Waals surface area contributed by atoms with Crippen molar-refractivity contribution in [2.24, 2.45) is 9.98 Å². The van der Waals surface area contributed by atoms with Crippen molar-refractivity contribution in [2.75, 3.05) is 63.9 Å². The van der Waals surface area contributed by atoms with Gasteiger partial charge in [0.1, 0.15) is 22.7 Å². The Bertz CT molecular complexity index is 2620. The number of aryl methyl sites for hydroxylation is 4. The van der Waals surface area contributed by atoms with Crippen LogP contribution in [0.4, 0.5) is 0 Å². The Morgan fingerprint density at radius 3 is 1.32 bits per heavy atom. The van der Waals surface area contributed by atoms with Crippen LogP contribution in [0.5, 0.6) is 0 Å². The maximum Gasteiger partial charge on any atom is 0.335 e. The monoisotopic (exact) mass is 1130 g/mol. The predicted molar refractivity (Wildman–Crippen MR) is 315 cm³/mol. The molecule has 2 aromatic carbocycles. The lowest BCUT2D eigenvalue weighted by atomic mass is 9.89. The number of hydrogen-bond acceptors (Lipinski definition) is 11. The number of unbranched alkanes of at least 4 members (excludes halogenated alkanes) is 12. The second-order valence-electron chi connectivity index (χ2n) is 22.8. The van der Waals surface area contributed by atoms with Crippen molar-refractivity contribution in [3.8, 4) is 0 Å². The Balaban J connectivity index is 0.000000235. The number of amides is 3. The SMILES string of the molecule is C1CCNC1.CCCCCCCCCC1=NC2(CCN(S(=O)(=O)CCc3ccc(C(=O)N4CCCC4)cc3C)CC2)C(=O)N1.CCCCCCCCCC1=NC2(CCN(S(=O)(=O)CCc3ccc(C(=O)O)cc3C)CC2)C(=O)N1. The fourth-order valence-electron chi connectivity index (χ4n) is 11.5. The Kier molecular flexibility index (Phi) is 25.0. The number of carbonyl (C=O) groups is 4. The van der Waals surface area contributed by atoms with Crippen LogP contribution in [0, 0.1) is 13.8 Å². The number of likely N-dealkylation sites (tertiary alicyclic amines) is 1. The summed E-state index contributed by atoms with van der Waals surface area (Å²) in [7, 11) is -6.96. The summed E-state index contributed by atoms with van der Waals surface area (Å²) in [4.78, 5) is 60.7. The van der Waals surface area contributed by atoms with E-state index in [1.807, 2.05) is 30.0 Å². The number of amidine groups is 2. The number of carboxylic acid groups (broad SMARTS) is 1. The zero-order chi connectivity index (χ0) is 56.9. The molecule has 0 atom stereocenters. The van der Waals surface area contributed by atoms with Crippen molar-refractivity contribution in [1.29, 1.82) is 0 Å². The number of carboxylic acids is 1. The van der Waals surface area contributed by atoms with Gasteiger partial charge in [-0.05, 0) is 151 Å². The number of nitrogens with zero attached hydrogens (tertiary/aromatic N) is 5. The van der Waals surface area contributed by atoms with E-state index in [0.29, 0.717) is 57.2 Å². The van der Waals surface area contributed by atoms with E-state index in [0.717, 1.165) is 98.4 Å². The molecule has 0 radical (unpaired) electrons. The van der Waals surface area contributed by atoms with Crippen LogP contribution in [-0.2, 0) is 42.5 Å². The number of sulfonamides is 2. The number of carbonyl (C=O) groups excluding carboxylic acids is 3. The lowest BCUT2D eigenvalue weighted by molar-refractivity contribution is -0.125. The second kappa shape index (κ2) is 31.0. The molecular formula is C60H94N8O9S2. The average molecular weight is 1140 g/mol. The minimum atomic E-state index is -3.49. The molecule has 4 fully saturated rings. The summed E-state index contributed by atoms with van der Waals surface area (Å²) in [6.07, 6.45) is 25.7. The minimum absolute atomic E-state index is 0.0131. The first-order chi connectivity index (χ1) is 37.9. The third-order valence-electron chi connectivity index (χ3n) is 16.8. The van der Waals surface area contributed by atoms with Crippen LogP contribution in [-0.4, -0.2) is 146 Å². The first-order valence-electron chi connectivity index (χ1n) is 30.1. The van der Waals surface area contributed by atoms with Gasteiger partial charge in [-0.2, -0.15) is 0 Å². The number of aromatic carboxylic acids is 1. The van der Waals surface area contributed by atoms with Crippen molar-refractivity contribution in [3.05, 3.63) is 69.8 Å². The van der Waals surface area contributed by atoms with Gasteiger partial charge in [0, 0.05) is 57.7 Å². The largest absolute Gasteiger partial charge is 0.478 e. The number of nitrogens with one attached hydrogen (secondary N) is 3. The summed E-state index contributed by atoms with van der Waals surface area (Å²) in [6.45, 7) is 13.5. The first kappa shape index (κ1) is 63.6. The highest BCUT2D eigenvalue weighted by molar-refractivity contribution is 7.89. The summed E-state index contributed by atoms with van der Waals surface area (Å²) >= 11 is 0. The molecule has 3 amide bonds. The van der Waals surface area contributed by atoms with Gasteiger partial charge in [0.2, 0.25) is 20.0 Å². The summed E-state index contributed by atoms with van der Waals surface area (Å²) in [6, 6.07) is 10.3. The van der Waals surface area contributed by atoms with Gasteiger partial charge in [0.05, 0.1) is 17.1 Å². The molecule has 440 valence electrons. The number of rotatable bonds is 26. The van der Waals surface area contributed by atoms with E-state index in [4.69, 9.17) is 15.1 Å². The lowest BCUT2D eigenvalue weighted by Gasteiger charge is -2.34. The number of piperidine rings is 2. The number of hydrogen-bond donors (Lipinski definition) is 4. The fraction of sp³-hybridized carbons (Fsp3) is 0.700. The molecule has 79 heavy (non-hydrogen) atoms. The van der Waals surface area contributed by atoms with E-state index >= 15 is 0 Å². The van der Waals surface area contributed by atoms with Crippen LogP contribution in [0.25, 0.3) is 0 Å². The van der Waals surface area contributed by atoms with Crippen molar-refractivity contribution in [2.45, 2.75) is 206 Å². The maximum absolute atomic E-state index is 13.2. The van der Waals surface area contributed by atoms with Gasteiger partial charge in [-0.1, -0.05) is 103 Å². The normalized spacial score (nSPS) is 19.1. The van der Waals surface area contributed by atoms with E-state index in [2.05, 4.69) is 29.8 Å². The zero-order valence-electron chi connectivity index (χ0n) is 48.2. The van der Waals surface area contributed by atoms with Crippen LogP contribution in [0.3, 0.4) is 0 Å². The van der Waals surface area contributed by atoms with E-state index in [-0.39, 0.29) is 47.9 Å². The molecule has 4 saturated heterocycles. The molecule has 0 aliphatic carbocycles. The Morgan fingerprint density at radius 2 is 0.937 bits per heavy atom. The highest BCUT2D eigenvalue weighted by Crippen LogP contribution is 2.34. The van der Waals surface area contributed by atoms with Gasteiger partial charge >= 0.3 is 5.97 Å². The summed E-state index contributed by atoms with van der Waals surface area (Å²) in [5.41, 5.74) is 2.70. The lowest BCUT2D eigenvalue weighted by Crippen LogP contribution is -2.50. The van der Waals surface area contributed by atoms with E-state index in [1.54, 1.807) is 19.1 Å².